The highest BCUT2D eigenvalue weighted by atomic mass is 16.2. The fourth-order valence-corrected chi connectivity index (χ4v) is 2.10. The van der Waals surface area contributed by atoms with E-state index in [1.165, 1.54) is 12.4 Å². The van der Waals surface area contributed by atoms with Crippen LogP contribution in [0.15, 0.2) is 18.5 Å². The predicted molar refractivity (Wildman–Crippen MR) is 76.3 cm³/mol. The Balaban J connectivity index is 2.13. The molecule has 2 amide bonds. The lowest BCUT2D eigenvalue weighted by Gasteiger charge is -2.12. The number of aromatic nitrogens is 1. The third kappa shape index (κ3) is 3.58. The van der Waals surface area contributed by atoms with Crippen LogP contribution in [0.1, 0.15) is 28.8 Å². The first-order chi connectivity index (χ1) is 10.1. The highest BCUT2D eigenvalue weighted by molar-refractivity contribution is 5.99. The molecular weight excluding hydrogens is 270 g/mol. The molecule has 0 aromatic carbocycles. The zero-order valence-corrected chi connectivity index (χ0v) is 11.8. The van der Waals surface area contributed by atoms with E-state index in [0.717, 1.165) is 0 Å². The van der Waals surface area contributed by atoms with Gasteiger partial charge in [0.1, 0.15) is 6.04 Å². The van der Waals surface area contributed by atoms with Crippen LogP contribution in [0.5, 0.6) is 0 Å². The van der Waals surface area contributed by atoms with Crippen LogP contribution in [0.2, 0.25) is 0 Å². The van der Waals surface area contributed by atoms with Crippen molar-refractivity contribution in [2.75, 3.05) is 20.2 Å². The summed E-state index contributed by atoms with van der Waals surface area (Å²) in [5.74, 6) is 5.16. The van der Waals surface area contributed by atoms with E-state index in [-0.39, 0.29) is 18.4 Å². The van der Waals surface area contributed by atoms with Crippen LogP contribution in [0.25, 0.3) is 0 Å². The van der Waals surface area contributed by atoms with Gasteiger partial charge in [-0.05, 0) is 12.5 Å². The van der Waals surface area contributed by atoms with Crippen LogP contribution in [0.4, 0.5) is 0 Å². The molecule has 1 saturated heterocycles. The minimum atomic E-state index is -0.478. The fourth-order valence-electron chi connectivity index (χ4n) is 2.10. The molecule has 1 aliphatic heterocycles. The quantitative estimate of drug-likeness (QED) is 0.753. The number of hydrogen-bond donors (Lipinski definition) is 2. The SMILES string of the molecule is CN1CCC(NC(=O)c2ccncc2C#CCCO)C1=O. The Bertz CT molecular complexity index is 604. The number of pyridine rings is 1. The molecule has 0 spiro atoms. The number of aliphatic hydroxyl groups is 1. The molecule has 0 bridgehead atoms. The van der Waals surface area contributed by atoms with Crippen molar-refractivity contribution in [3.63, 3.8) is 0 Å². The van der Waals surface area contributed by atoms with Gasteiger partial charge in [0.15, 0.2) is 0 Å². The number of carbonyl (C=O) groups is 2. The fraction of sp³-hybridized carbons (Fsp3) is 0.400. The van der Waals surface area contributed by atoms with Gasteiger partial charge in [-0.15, -0.1) is 0 Å². The van der Waals surface area contributed by atoms with Crippen LogP contribution in [0.3, 0.4) is 0 Å². The Morgan fingerprint density at radius 3 is 3.10 bits per heavy atom. The molecule has 1 aromatic rings. The molecule has 110 valence electrons. The number of nitrogens with zero attached hydrogens (tertiary/aromatic N) is 2. The lowest BCUT2D eigenvalue weighted by Crippen LogP contribution is -2.40. The van der Waals surface area contributed by atoms with Gasteiger partial charge in [-0.2, -0.15) is 0 Å². The Hall–Kier alpha value is -2.39. The zero-order valence-electron chi connectivity index (χ0n) is 11.8. The first kappa shape index (κ1) is 15.0. The van der Waals surface area contributed by atoms with Gasteiger partial charge in [-0.25, -0.2) is 0 Å². The molecule has 0 aliphatic carbocycles. The predicted octanol–water partition coefficient (Wildman–Crippen LogP) is -0.224. The number of amides is 2. The van der Waals surface area contributed by atoms with Crippen LogP contribution < -0.4 is 5.32 Å². The van der Waals surface area contributed by atoms with Gasteiger partial charge in [0.2, 0.25) is 5.91 Å². The molecule has 2 rings (SSSR count). The second-order valence-electron chi connectivity index (χ2n) is 4.77. The van der Waals surface area contributed by atoms with Crippen molar-refractivity contribution in [2.24, 2.45) is 0 Å². The summed E-state index contributed by atoms with van der Waals surface area (Å²) in [6, 6.07) is 1.09. The molecule has 1 atom stereocenters. The minimum absolute atomic E-state index is 0.0301. The summed E-state index contributed by atoms with van der Waals surface area (Å²) in [6.07, 6.45) is 3.95. The molecule has 2 N–H and O–H groups in total. The average Bonchev–Trinajstić information content (AvgIpc) is 2.80. The van der Waals surface area contributed by atoms with E-state index in [1.807, 2.05) is 0 Å². The maximum absolute atomic E-state index is 12.3. The number of likely N-dealkylation sites (tertiary alicyclic amines) is 1. The van der Waals surface area contributed by atoms with Gasteiger partial charge < -0.3 is 15.3 Å². The zero-order chi connectivity index (χ0) is 15.2. The van der Waals surface area contributed by atoms with Crippen molar-refractivity contribution < 1.29 is 14.7 Å². The van der Waals surface area contributed by atoms with Gasteiger partial charge >= 0.3 is 0 Å². The summed E-state index contributed by atoms with van der Waals surface area (Å²) < 4.78 is 0. The van der Waals surface area contributed by atoms with Crippen LogP contribution in [-0.4, -0.2) is 53.0 Å². The maximum Gasteiger partial charge on any atom is 0.253 e. The molecule has 0 radical (unpaired) electrons. The Kier molecular flexibility index (Phi) is 4.90. The first-order valence-electron chi connectivity index (χ1n) is 6.73. The highest BCUT2D eigenvalue weighted by Crippen LogP contribution is 2.11. The monoisotopic (exact) mass is 287 g/mol. The summed E-state index contributed by atoms with van der Waals surface area (Å²) in [7, 11) is 1.72. The largest absolute Gasteiger partial charge is 0.395 e. The maximum atomic E-state index is 12.3. The number of rotatable bonds is 3. The van der Waals surface area contributed by atoms with E-state index in [4.69, 9.17) is 5.11 Å². The molecule has 1 fully saturated rings. The van der Waals surface area contributed by atoms with E-state index in [1.54, 1.807) is 18.0 Å². The Labute approximate surface area is 123 Å². The average molecular weight is 287 g/mol. The molecule has 6 nitrogen and oxygen atoms in total. The lowest BCUT2D eigenvalue weighted by atomic mass is 10.1. The molecule has 2 heterocycles. The Morgan fingerprint density at radius 2 is 2.43 bits per heavy atom. The van der Waals surface area contributed by atoms with E-state index < -0.39 is 6.04 Å². The standard InChI is InChI=1S/C15H17N3O3/c1-18-8-6-13(15(18)21)17-14(20)12-5-7-16-10-11(12)4-2-3-9-19/h5,7,10,13,19H,3,6,8-9H2,1H3,(H,17,20). The van der Waals surface area contributed by atoms with Gasteiger partial charge in [0.05, 0.1) is 17.7 Å². The van der Waals surface area contributed by atoms with Crippen molar-refractivity contribution in [3.05, 3.63) is 29.6 Å². The van der Waals surface area contributed by atoms with E-state index in [0.29, 0.717) is 30.5 Å². The van der Waals surface area contributed by atoms with Gasteiger partial charge in [-0.1, -0.05) is 11.8 Å². The number of hydrogen-bond acceptors (Lipinski definition) is 4. The van der Waals surface area contributed by atoms with E-state index >= 15 is 0 Å². The Morgan fingerprint density at radius 1 is 1.62 bits per heavy atom. The normalized spacial score (nSPS) is 17.3. The van der Waals surface area contributed by atoms with Crippen LogP contribution in [-0.2, 0) is 4.79 Å². The topological polar surface area (TPSA) is 82.5 Å². The van der Waals surface area contributed by atoms with Crippen LogP contribution >= 0.6 is 0 Å². The molecular formula is C15H17N3O3. The minimum Gasteiger partial charge on any atom is -0.395 e. The number of nitrogens with one attached hydrogen (secondary N) is 1. The molecule has 21 heavy (non-hydrogen) atoms. The molecule has 1 aromatic heterocycles. The molecule has 6 heteroatoms. The van der Waals surface area contributed by atoms with Crippen molar-refractivity contribution in [1.29, 1.82) is 0 Å². The summed E-state index contributed by atoms with van der Waals surface area (Å²) in [4.78, 5) is 29.6. The van der Waals surface area contributed by atoms with Crippen molar-refractivity contribution in [3.8, 4) is 11.8 Å². The smallest absolute Gasteiger partial charge is 0.253 e. The third-order valence-corrected chi connectivity index (χ3v) is 3.26. The lowest BCUT2D eigenvalue weighted by molar-refractivity contribution is -0.128. The second-order valence-corrected chi connectivity index (χ2v) is 4.77. The first-order valence-corrected chi connectivity index (χ1v) is 6.73. The molecule has 0 saturated carbocycles. The number of carbonyl (C=O) groups excluding carboxylic acids is 2. The third-order valence-electron chi connectivity index (χ3n) is 3.26. The number of likely N-dealkylation sites (N-methyl/N-ethyl adjacent to an activating group) is 1. The van der Waals surface area contributed by atoms with Gasteiger partial charge in [0, 0.05) is 32.4 Å². The van der Waals surface area contributed by atoms with Gasteiger partial charge in [0.25, 0.3) is 5.91 Å². The summed E-state index contributed by atoms with van der Waals surface area (Å²) >= 11 is 0. The van der Waals surface area contributed by atoms with Gasteiger partial charge in [-0.3, -0.25) is 14.6 Å². The second kappa shape index (κ2) is 6.86. The summed E-state index contributed by atoms with van der Waals surface area (Å²) in [5.41, 5.74) is 0.875. The van der Waals surface area contributed by atoms with E-state index in [2.05, 4.69) is 22.1 Å². The van der Waals surface area contributed by atoms with Crippen molar-refractivity contribution in [1.82, 2.24) is 15.2 Å². The molecule has 1 unspecified atom stereocenters. The summed E-state index contributed by atoms with van der Waals surface area (Å²) in [5, 5.41) is 11.5. The summed E-state index contributed by atoms with van der Waals surface area (Å²) in [6.45, 7) is 0.612. The highest BCUT2D eigenvalue weighted by Gasteiger charge is 2.30. The number of aliphatic hydroxyl groups excluding tert-OH is 1. The van der Waals surface area contributed by atoms with Crippen molar-refractivity contribution >= 4 is 11.8 Å². The van der Waals surface area contributed by atoms with Crippen molar-refractivity contribution in [2.45, 2.75) is 18.9 Å². The molecule has 1 aliphatic rings. The van der Waals surface area contributed by atoms with E-state index in [9.17, 15) is 9.59 Å². The van der Waals surface area contributed by atoms with Crippen LogP contribution in [0, 0.1) is 11.8 Å².